The van der Waals surface area contributed by atoms with Crippen molar-refractivity contribution in [2.45, 2.75) is 12.3 Å². The van der Waals surface area contributed by atoms with Gasteiger partial charge in [-0.25, -0.2) is 14.6 Å². The third-order valence-corrected chi connectivity index (χ3v) is 1.91. The summed E-state index contributed by atoms with van der Waals surface area (Å²) in [5.41, 5.74) is 1.26. The Morgan fingerprint density at radius 1 is 1.53 bits per heavy atom. The van der Waals surface area contributed by atoms with E-state index in [0.29, 0.717) is 0 Å². The van der Waals surface area contributed by atoms with Crippen molar-refractivity contribution >= 4 is 11.5 Å². The molecule has 0 bridgehead atoms. The van der Waals surface area contributed by atoms with Gasteiger partial charge in [0.05, 0.1) is 4.92 Å². The number of nitro groups is 1. The fourth-order valence-electron chi connectivity index (χ4n) is 0.986. The minimum Gasteiger partial charge on any atom is -0.466 e. The Morgan fingerprint density at radius 3 is 2.63 bits per heavy atom. The third-order valence-electron chi connectivity index (χ3n) is 1.91. The number of pyridine rings is 1. The molecule has 0 atom stereocenters. The van der Waals surface area contributed by atoms with Gasteiger partial charge in [-0.15, -0.1) is 0 Å². The molecule has 1 aromatic rings. The summed E-state index contributed by atoms with van der Waals surface area (Å²) in [6.45, 7) is -1.74. The molecule has 106 valence electrons. The molecule has 0 amide bonds. The van der Waals surface area contributed by atoms with Gasteiger partial charge >= 0.3 is 18.0 Å². The van der Waals surface area contributed by atoms with Crippen LogP contribution in [-0.2, 0) is 0 Å². The molecule has 0 aliphatic rings. The van der Waals surface area contributed by atoms with Crippen LogP contribution in [0.3, 0.4) is 0 Å². The first-order valence-corrected chi connectivity index (χ1v) is 4.68. The van der Waals surface area contributed by atoms with Crippen LogP contribution in [0.2, 0.25) is 0 Å². The Bertz CT molecular complexity index is 471. The van der Waals surface area contributed by atoms with Crippen LogP contribution >= 0.6 is 0 Å². The number of alkyl halides is 4. The Kier molecular flexibility index (Phi) is 4.43. The minimum atomic E-state index is -4.44. The molecule has 0 saturated carbocycles. The van der Waals surface area contributed by atoms with E-state index in [0.717, 1.165) is 12.1 Å². The second-order valence-electron chi connectivity index (χ2n) is 3.27. The second kappa shape index (κ2) is 5.65. The van der Waals surface area contributed by atoms with Crippen LogP contribution in [0.4, 0.5) is 29.1 Å². The van der Waals surface area contributed by atoms with E-state index in [2.05, 4.69) is 9.72 Å². The Labute approximate surface area is 103 Å². The monoisotopic (exact) mass is 284 g/mol. The molecule has 11 heteroatoms. The van der Waals surface area contributed by atoms with Crippen molar-refractivity contribution in [1.29, 1.82) is 0 Å². The van der Waals surface area contributed by atoms with Gasteiger partial charge in [0.2, 0.25) is 0 Å². The Hall–Kier alpha value is -2.17. The van der Waals surface area contributed by atoms with Gasteiger partial charge in [-0.2, -0.15) is 13.8 Å². The molecule has 0 aliphatic carbocycles. The van der Waals surface area contributed by atoms with Crippen LogP contribution in [0.5, 0.6) is 5.88 Å². The molecular formula is C8H8F4N4O3. The molecular weight excluding hydrogens is 276 g/mol. The summed E-state index contributed by atoms with van der Waals surface area (Å²) in [4.78, 5) is 13.0. The van der Waals surface area contributed by atoms with Gasteiger partial charge < -0.3 is 10.2 Å². The number of halogens is 4. The van der Waals surface area contributed by atoms with E-state index in [1.807, 2.05) is 5.43 Å². The van der Waals surface area contributed by atoms with Crippen molar-refractivity contribution in [3.05, 3.63) is 22.2 Å². The van der Waals surface area contributed by atoms with Crippen molar-refractivity contribution in [3.63, 3.8) is 0 Å². The average molecular weight is 284 g/mol. The first-order chi connectivity index (χ1) is 8.77. The number of ether oxygens (including phenoxy) is 1. The van der Waals surface area contributed by atoms with Gasteiger partial charge in [0.15, 0.2) is 6.61 Å². The lowest BCUT2D eigenvalue weighted by atomic mass is 10.3. The van der Waals surface area contributed by atoms with Crippen molar-refractivity contribution in [1.82, 2.24) is 4.98 Å². The van der Waals surface area contributed by atoms with Gasteiger partial charge in [-0.1, -0.05) is 0 Å². The number of nitrogens with one attached hydrogen (secondary N) is 1. The summed E-state index contributed by atoms with van der Waals surface area (Å²) < 4.78 is 53.4. The quantitative estimate of drug-likeness (QED) is 0.355. The fraction of sp³-hybridized carbons (Fsp3) is 0.375. The number of hydrogen-bond acceptors (Lipinski definition) is 6. The number of nitrogens with two attached hydrogens (primary N) is 1. The summed E-state index contributed by atoms with van der Waals surface area (Å²) in [6.07, 6.45) is -3.96. The minimum absolute atomic E-state index is 0.110. The largest absolute Gasteiger partial charge is 0.466 e. The van der Waals surface area contributed by atoms with Crippen molar-refractivity contribution in [3.8, 4) is 5.88 Å². The summed E-state index contributed by atoms with van der Waals surface area (Å²) in [5, 5.41) is 10.6. The molecule has 0 saturated heterocycles. The number of aromatic nitrogens is 1. The second-order valence-corrected chi connectivity index (χ2v) is 3.27. The SMILES string of the molecule is NNc1ccc([N+](=O)[O-])c(OCC(F)(F)C(F)F)n1. The fourth-order valence-corrected chi connectivity index (χ4v) is 0.986. The standard InChI is InChI=1S/C8H8F4N4O3/c9-7(10)8(11,12)3-19-6-4(16(17)18)1-2-5(14-6)15-13/h1-2,7H,3,13H2,(H,14,15). The molecule has 1 rings (SSSR count). The summed E-state index contributed by atoms with van der Waals surface area (Å²) in [6, 6.07) is 1.98. The van der Waals surface area contributed by atoms with Gasteiger partial charge in [0.1, 0.15) is 5.82 Å². The summed E-state index contributed by atoms with van der Waals surface area (Å²) >= 11 is 0. The van der Waals surface area contributed by atoms with E-state index < -0.39 is 35.4 Å². The van der Waals surface area contributed by atoms with Gasteiger partial charge in [-0.05, 0) is 6.07 Å². The van der Waals surface area contributed by atoms with Crippen molar-refractivity contribution < 1.29 is 27.2 Å². The van der Waals surface area contributed by atoms with Crippen LogP contribution in [-0.4, -0.2) is 28.9 Å². The summed E-state index contributed by atoms with van der Waals surface area (Å²) in [7, 11) is 0. The van der Waals surface area contributed by atoms with Crippen molar-refractivity contribution in [2.75, 3.05) is 12.0 Å². The highest BCUT2D eigenvalue weighted by atomic mass is 19.3. The first kappa shape index (κ1) is 14.9. The summed E-state index contributed by atoms with van der Waals surface area (Å²) in [5.74, 6) is -0.417. The molecule has 1 heterocycles. The molecule has 0 aliphatic heterocycles. The average Bonchev–Trinajstić information content (AvgIpc) is 2.35. The van der Waals surface area contributed by atoms with E-state index in [-0.39, 0.29) is 5.82 Å². The van der Waals surface area contributed by atoms with E-state index >= 15 is 0 Å². The van der Waals surface area contributed by atoms with Crippen LogP contribution in [0.25, 0.3) is 0 Å². The molecule has 0 aromatic carbocycles. The maximum absolute atomic E-state index is 12.6. The topological polar surface area (TPSA) is 103 Å². The molecule has 0 fully saturated rings. The molecule has 0 radical (unpaired) electrons. The first-order valence-electron chi connectivity index (χ1n) is 4.68. The number of hydrazine groups is 1. The molecule has 7 nitrogen and oxygen atoms in total. The van der Waals surface area contributed by atoms with Crippen molar-refractivity contribution in [2.24, 2.45) is 5.84 Å². The third kappa shape index (κ3) is 3.64. The smallest absolute Gasteiger partial charge is 0.340 e. The molecule has 1 aromatic heterocycles. The highest BCUT2D eigenvalue weighted by Gasteiger charge is 2.42. The van der Waals surface area contributed by atoms with Crippen LogP contribution in [0.15, 0.2) is 12.1 Å². The maximum Gasteiger partial charge on any atom is 0.340 e. The molecule has 19 heavy (non-hydrogen) atoms. The van der Waals surface area contributed by atoms with Gasteiger partial charge in [0, 0.05) is 6.07 Å². The lowest BCUT2D eigenvalue weighted by molar-refractivity contribution is -0.386. The lowest BCUT2D eigenvalue weighted by Crippen LogP contribution is -2.34. The van der Waals surface area contributed by atoms with Crippen LogP contribution in [0, 0.1) is 10.1 Å². The lowest BCUT2D eigenvalue weighted by Gasteiger charge is -2.15. The number of hydrogen-bond donors (Lipinski definition) is 2. The zero-order valence-corrected chi connectivity index (χ0v) is 9.15. The molecule has 3 N–H and O–H groups in total. The van der Waals surface area contributed by atoms with Crippen LogP contribution < -0.4 is 16.0 Å². The zero-order valence-electron chi connectivity index (χ0n) is 9.15. The highest BCUT2D eigenvalue weighted by Crippen LogP contribution is 2.29. The van der Waals surface area contributed by atoms with E-state index in [1.165, 1.54) is 0 Å². The van der Waals surface area contributed by atoms with Crippen LogP contribution in [0.1, 0.15) is 0 Å². The van der Waals surface area contributed by atoms with Gasteiger partial charge in [-0.3, -0.25) is 10.1 Å². The number of anilines is 1. The number of nitrogens with zero attached hydrogens (tertiary/aromatic N) is 2. The highest BCUT2D eigenvalue weighted by molar-refractivity contribution is 5.48. The Balaban J connectivity index is 2.95. The number of rotatable bonds is 6. The van der Waals surface area contributed by atoms with E-state index in [1.54, 1.807) is 0 Å². The number of nitrogen functional groups attached to an aromatic ring is 1. The predicted octanol–water partition coefficient (Wildman–Crippen LogP) is 1.55. The Morgan fingerprint density at radius 2 is 2.16 bits per heavy atom. The van der Waals surface area contributed by atoms with E-state index in [9.17, 15) is 27.7 Å². The zero-order chi connectivity index (χ0) is 14.6. The van der Waals surface area contributed by atoms with Gasteiger partial charge in [0.25, 0.3) is 5.88 Å². The van der Waals surface area contributed by atoms with E-state index in [4.69, 9.17) is 5.84 Å². The predicted molar refractivity (Wildman–Crippen MR) is 55.1 cm³/mol. The maximum atomic E-state index is 12.6. The molecule has 0 spiro atoms. The molecule has 0 unspecified atom stereocenters. The normalized spacial score (nSPS) is 11.5.